The monoisotopic (exact) mass is 150 g/mol. The van der Waals surface area contributed by atoms with Gasteiger partial charge < -0.3 is 5.73 Å². The molecular weight excluding hydrogens is 138 g/mol. The second kappa shape index (κ2) is 2.43. The third kappa shape index (κ3) is 1.44. The molecule has 0 radical (unpaired) electrons. The molecule has 2 N–H and O–H groups in total. The third-order valence-electron chi connectivity index (χ3n) is 1.91. The summed E-state index contributed by atoms with van der Waals surface area (Å²) < 4.78 is 25.1. The Hall–Kier alpha value is -0.220. The minimum atomic E-state index is -2.52. The molecule has 0 unspecified atom stereocenters. The molecule has 0 amide bonds. The van der Waals surface area contributed by atoms with Gasteiger partial charge in [0.2, 0.25) is 0 Å². The molecular formula is C6H12F2N2. The Bertz CT molecular complexity index is 127. The van der Waals surface area contributed by atoms with Crippen LogP contribution in [0, 0.1) is 0 Å². The van der Waals surface area contributed by atoms with Crippen molar-refractivity contribution in [3.8, 4) is 0 Å². The first kappa shape index (κ1) is 7.88. The first-order chi connectivity index (χ1) is 4.55. The average molecular weight is 150 g/mol. The predicted octanol–water partition coefficient (Wildman–Crippen LogP) is 0.285. The number of likely N-dealkylation sites (tertiary alicyclic amines) is 1. The Morgan fingerprint density at radius 1 is 1.70 bits per heavy atom. The maximum Gasteiger partial charge on any atom is 0.262 e. The molecule has 1 saturated heterocycles. The van der Waals surface area contributed by atoms with Crippen molar-refractivity contribution < 1.29 is 8.78 Å². The van der Waals surface area contributed by atoms with Crippen molar-refractivity contribution in [3.63, 3.8) is 0 Å². The molecule has 1 atom stereocenters. The molecule has 1 fully saturated rings. The quantitative estimate of drug-likeness (QED) is 0.582. The molecule has 0 aromatic carbocycles. The number of nitrogens with zero attached hydrogens (tertiary/aromatic N) is 1. The van der Waals surface area contributed by atoms with Crippen LogP contribution in [0.5, 0.6) is 0 Å². The standard InChI is InChI=1S/C6H12F2N2/c1-10-4-6(7,8)2-5(10)3-9/h5H,2-4,9H2,1H3/t5-/m0/s1. The van der Waals surface area contributed by atoms with Gasteiger partial charge in [0.15, 0.2) is 0 Å². The molecule has 1 rings (SSSR count). The summed E-state index contributed by atoms with van der Waals surface area (Å²) in [5.41, 5.74) is 5.27. The van der Waals surface area contributed by atoms with Gasteiger partial charge in [-0.2, -0.15) is 0 Å². The lowest BCUT2D eigenvalue weighted by Gasteiger charge is -2.14. The number of hydrogen-bond donors (Lipinski definition) is 1. The number of likely N-dealkylation sites (N-methyl/N-ethyl adjacent to an activating group) is 1. The van der Waals surface area contributed by atoms with Gasteiger partial charge in [0.05, 0.1) is 6.54 Å². The lowest BCUT2D eigenvalue weighted by molar-refractivity contribution is 0.0141. The van der Waals surface area contributed by atoms with E-state index in [1.807, 2.05) is 0 Å². The van der Waals surface area contributed by atoms with Gasteiger partial charge in [-0.15, -0.1) is 0 Å². The molecule has 0 aromatic heterocycles. The minimum absolute atomic E-state index is 0.0833. The summed E-state index contributed by atoms with van der Waals surface area (Å²) in [6, 6.07) is -0.130. The molecule has 60 valence electrons. The summed E-state index contributed by atoms with van der Waals surface area (Å²) in [4.78, 5) is 1.61. The highest BCUT2D eigenvalue weighted by atomic mass is 19.3. The molecule has 4 heteroatoms. The number of alkyl halides is 2. The van der Waals surface area contributed by atoms with E-state index < -0.39 is 5.92 Å². The zero-order valence-electron chi connectivity index (χ0n) is 5.98. The van der Waals surface area contributed by atoms with E-state index >= 15 is 0 Å². The average Bonchev–Trinajstić information content (AvgIpc) is 2.05. The Morgan fingerprint density at radius 2 is 2.30 bits per heavy atom. The van der Waals surface area contributed by atoms with Crippen LogP contribution in [-0.2, 0) is 0 Å². The van der Waals surface area contributed by atoms with Crippen LogP contribution in [0.15, 0.2) is 0 Å². The van der Waals surface area contributed by atoms with Gasteiger partial charge in [0, 0.05) is 19.0 Å². The van der Waals surface area contributed by atoms with Gasteiger partial charge in [0.25, 0.3) is 5.92 Å². The van der Waals surface area contributed by atoms with Crippen molar-refractivity contribution in [1.29, 1.82) is 0 Å². The molecule has 0 bridgehead atoms. The fourth-order valence-electron chi connectivity index (χ4n) is 1.32. The number of hydrogen-bond acceptors (Lipinski definition) is 2. The van der Waals surface area contributed by atoms with Crippen molar-refractivity contribution in [1.82, 2.24) is 4.90 Å². The summed E-state index contributed by atoms with van der Waals surface area (Å²) in [5.74, 6) is -2.52. The fourth-order valence-corrected chi connectivity index (χ4v) is 1.32. The van der Waals surface area contributed by atoms with E-state index in [4.69, 9.17) is 5.73 Å². The summed E-state index contributed by atoms with van der Waals surface area (Å²) >= 11 is 0. The Labute approximate surface area is 59.0 Å². The van der Waals surface area contributed by atoms with Crippen LogP contribution in [0.1, 0.15) is 6.42 Å². The third-order valence-corrected chi connectivity index (χ3v) is 1.91. The van der Waals surface area contributed by atoms with E-state index in [2.05, 4.69) is 0 Å². The molecule has 1 heterocycles. The van der Waals surface area contributed by atoms with Gasteiger partial charge in [-0.05, 0) is 7.05 Å². The smallest absolute Gasteiger partial charge is 0.262 e. The van der Waals surface area contributed by atoms with Crippen LogP contribution in [0.3, 0.4) is 0 Å². The van der Waals surface area contributed by atoms with Crippen LogP contribution in [0.2, 0.25) is 0 Å². The Balaban J connectivity index is 2.52. The molecule has 0 aliphatic carbocycles. The number of rotatable bonds is 1. The zero-order valence-corrected chi connectivity index (χ0v) is 5.98. The van der Waals surface area contributed by atoms with E-state index in [1.165, 1.54) is 0 Å². The van der Waals surface area contributed by atoms with Crippen LogP contribution in [0.4, 0.5) is 8.78 Å². The van der Waals surface area contributed by atoms with Gasteiger partial charge >= 0.3 is 0 Å². The molecule has 1 aliphatic rings. The van der Waals surface area contributed by atoms with Gasteiger partial charge in [-0.3, -0.25) is 4.90 Å². The molecule has 10 heavy (non-hydrogen) atoms. The van der Waals surface area contributed by atoms with Crippen molar-refractivity contribution in [3.05, 3.63) is 0 Å². The maximum absolute atomic E-state index is 12.5. The highest BCUT2D eigenvalue weighted by Gasteiger charge is 2.42. The van der Waals surface area contributed by atoms with Crippen LogP contribution in [0.25, 0.3) is 0 Å². The van der Waals surface area contributed by atoms with E-state index in [1.54, 1.807) is 11.9 Å². The molecule has 0 aromatic rings. The molecule has 2 nitrogen and oxygen atoms in total. The van der Waals surface area contributed by atoms with Gasteiger partial charge in [0.1, 0.15) is 0 Å². The van der Waals surface area contributed by atoms with E-state index in [0.717, 1.165) is 0 Å². The minimum Gasteiger partial charge on any atom is -0.329 e. The topological polar surface area (TPSA) is 29.3 Å². The van der Waals surface area contributed by atoms with Gasteiger partial charge in [-0.25, -0.2) is 8.78 Å². The lowest BCUT2D eigenvalue weighted by atomic mass is 10.2. The Morgan fingerprint density at radius 3 is 2.50 bits per heavy atom. The summed E-state index contributed by atoms with van der Waals surface area (Å²) in [6.07, 6.45) is -0.0833. The van der Waals surface area contributed by atoms with Crippen molar-refractivity contribution in [2.75, 3.05) is 20.1 Å². The van der Waals surface area contributed by atoms with Crippen molar-refractivity contribution >= 4 is 0 Å². The fraction of sp³-hybridized carbons (Fsp3) is 1.00. The van der Waals surface area contributed by atoms with Crippen molar-refractivity contribution in [2.45, 2.75) is 18.4 Å². The first-order valence-corrected chi connectivity index (χ1v) is 3.33. The molecule has 1 aliphatic heterocycles. The highest BCUT2D eigenvalue weighted by Crippen LogP contribution is 2.29. The van der Waals surface area contributed by atoms with E-state index in [0.29, 0.717) is 6.54 Å². The highest BCUT2D eigenvalue weighted by molar-refractivity contribution is 4.88. The second-order valence-corrected chi connectivity index (χ2v) is 2.86. The van der Waals surface area contributed by atoms with Crippen molar-refractivity contribution in [2.24, 2.45) is 5.73 Å². The first-order valence-electron chi connectivity index (χ1n) is 3.33. The van der Waals surface area contributed by atoms with Crippen LogP contribution >= 0.6 is 0 Å². The van der Waals surface area contributed by atoms with Crippen LogP contribution in [-0.4, -0.2) is 37.0 Å². The van der Waals surface area contributed by atoms with E-state index in [9.17, 15) is 8.78 Å². The summed E-state index contributed by atoms with van der Waals surface area (Å²) in [5, 5.41) is 0. The number of halogens is 2. The molecule has 0 spiro atoms. The lowest BCUT2D eigenvalue weighted by Crippen LogP contribution is -2.31. The Kier molecular flexibility index (Phi) is 1.92. The predicted molar refractivity (Wildman–Crippen MR) is 35.0 cm³/mol. The van der Waals surface area contributed by atoms with Gasteiger partial charge in [-0.1, -0.05) is 0 Å². The molecule has 0 saturated carbocycles. The van der Waals surface area contributed by atoms with E-state index in [-0.39, 0.29) is 19.0 Å². The maximum atomic E-state index is 12.5. The summed E-state index contributed by atoms with van der Waals surface area (Å²) in [6.45, 7) is 0.182. The normalized spacial score (nSPS) is 33.0. The second-order valence-electron chi connectivity index (χ2n) is 2.86. The zero-order chi connectivity index (χ0) is 7.78. The largest absolute Gasteiger partial charge is 0.329 e. The van der Waals surface area contributed by atoms with Crippen LogP contribution < -0.4 is 5.73 Å². The summed E-state index contributed by atoms with van der Waals surface area (Å²) in [7, 11) is 1.68. The SMILES string of the molecule is CN1CC(F)(F)C[C@H]1CN. The number of nitrogens with two attached hydrogens (primary N) is 1.